The summed E-state index contributed by atoms with van der Waals surface area (Å²) in [5.41, 5.74) is -0.456. The third-order valence-electron chi connectivity index (χ3n) is 1.91. The third-order valence-corrected chi connectivity index (χ3v) is 1.91. The first-order chi connectivity index (χ1) is 6.57. The molecule has 76 valence electrons. The van der Waals surface area contributed by atoms with Gasteiger partial charge in [0.1, 0.15) is 5.56 Å². The van der Waals surface area contributed by atoms with Crippen molar-refractivity contribution in [3.63, 3.8) is 0 Å². The topological polar surface area (TPSA) is 72.2 Å². The lowest BCUT2D eigenvalue weighted by atomic mass is 10.2. The van der Waals surface area contributed by atoms with E-state index in [1.807, 2.05) is 6.92 Å². The van der Waals surface area contributed by atoms with Crippen LogP contribution in [0.4, 0.5) is 0 Å². The molecule has 0 amide bonds. The second kappa shape index (κ2) is 4.04. The van der Waals surface area contributed by atoms with Crippen LogP contribution in [-0.4, -0.2) is 20.6 Å². The van der Waals surface area contributed by atoms with Gasteiger partial charge in [-0.1, -0.05) is 6.92 Å². The van der Waals surface area contributed by atoms with Crippen molar-refractivity contribution < 1.29 is 9.90 Å². The van der Waals surface area contributed by atoms with Gasteiger partial charge in [-0.05, 0) is 13.3 Å². The van der Waals surface area contributed by atoms with Crippen LogP contribution in [0.5, 0.6) is 0 Å². The van der Waals surface area contributed by atoms with Crippen LogP contribution in [0.15, 0.2) is 11.1 Å². The van der Waals surface area contributed by atoms with Gasteiger partial charge in [0.05, 0.1) is 12.0 Å². The monoisotopic (exact) mass is 196 g/mol. The number of carbonyl (C=O) groups is 1. The number of carboxylic acids is 1. The molecule has 0 saturated carbocycles. The van der Waals surface area contributed by atoms with Gasteiger partial charge in [0.2, 0.25) is 0 Å². The molecule has 0 aliphatic rings. The summed E-state index contributed by atoms with van der Waals surface area (Å²) < 4.78 is 1.32. The van der Waals surface area contributed by atoms with Gasteiger partial charge in [0.25, 0.3) is 5.56 Å². The quantitative estimate of drug-likeness (QED) is 0.770. The fourth-order valence-electron chi connectivity index (χ4n) is 1.22. The highest BCUT2D eigenvalue weighted by molar-refractivity contribution is 5.88. The van der Waals surface area contributed by atoms with Crippen molar-refractivity contribution in [3.8, 4) is 0 Å². The molecule has 0 unspecified atom stereocenters. The molecular weight excluding hydrogens is 184 g/mol. The number of carboxylic acid groups (broad SMARTS) is 1. The molecule has 1 rings (SSSR count). The summed E-state index contributed by atoms with van der Waals surface area (Å²) in [6.45, 7) is 3.92. The standard InChI is InChI=1S/C9H12N2O3/c1-3-4-11-5-10-6(2)7(8(11)12)9(13)14/h5H,3-4H2,1-2H3,(H,13,14). The highest BCUT2D eigenvalue weighted by Gasteiger charge is 2.14. The zero-order valence-electron chi connectivity index (χ0n) is 8.15. The average molecular weight is 196 g/mol. The van der Waals surface area contributed by atoms with Crippen LogP contribution in [0.3, 0.4) is 0 Å². The van der Waals surface area contributed by atoms with E-state index in [-0.39, 0.29) is 11.3 Å². The number of hydrogen-bond donors (Lipinski definition) is 1. The highest BCUT2D eigenvalue weighted by Crippen LogP contribution is 1.98. The van der Waals surface area contributed by atoms with Gasteiger partial charge < -0.3 is 5.11 Å². The minimum atomic E-state index is -1.22. The molecule has 0 radical (unpaired) electrons. The number of hydrogen-bond acceptors (Lipinski definition) is 3. The summed E-state index contributed by atoms with van der Waals surface area (Å²) in [6, 6.07) is 0. The average Bonchev–Trinajstić information content (AvgIpc) is 2.10. The molecule has 5 nitrogen and oxygen atoms in total. The second-order valence-electron chi connectivity index (χ2n) is 3.01. The van der Waals surface area contributed by atoms with Crippen LogP contribution >= 0.6 is 0 Å². The Bertz CT molecular complexity index is 409. The predicted molar refractivity (Wildman–Crippen MR) is 50.5 cm³/mol. The molecule has 0 bridgehead atoms. The molecule has 0 aliphatic heterocycles. The van der Waals surface area contributed by atoms with Gasteiger partial charge in [-0.15, -0.1) is 0 Å². The molecule has 0 saturated heterocycles. The molecule has 0 atom stereocenters. The van der Waals surface area contributed by atoms with E-state index in [4.69, 9.17) is 5.11 Å². The smallest absolute Gasteiger partial charge is 0.343 e. The molecule has 0 fully saturated rings. The highest BCUT2D eigenvalue weighted by atomic mass is 16.4. The predicted octanol–water partition coefficient (Wildman–Crippen LogP) is 0.660. The van der Waals surface area contributed by atoms with Gasteiger partial charge in [-0.2, -0.15) is 0 Å². The van der Waals surface area contributed by atoms with E-state index >= 15 is 0 Å². The minimum absolute atomic E-state index is 0.235. The Balaban J connectivity index is 3.34. The van der Waals surface area contributed by atoms with Crippen LogP contribution in [0.1, 0.15) is 29.4 Å². The SMILES string of the molecule is CCCn1cnc(C)c(C(=O)O)c1=O. The van der Waals surface area contributed by atoms with Crippen LogP contribution < -0.4 is 5.56 Å². The first-order valence-electron chi connectivity index (χ1n) is 4.37. The van der Waals surface area contributed by atoms with Gasteiger partial charge in [0, 0.05) is 6.54 Å². The maximum atomic E-state index is 11.6. The van der Waals surface area contributed by atoms with E-state index in [2.05, 4.69) is 4.98 Å². The Morgan fingerprint density at radius 2 is 2.29 bits per heavy atom. The molecule has 14 heavy (non-hydrogen) atoms. The van der Waals surface area contributed by atoms with Crippen molar-refractivity contribution >= 4 is 5.97 Å². The lowest BCUT2D eigenvalue weighted by molar-refractivity contribution is 0.0692. The summed E-state index contributed by atoms with van der Waals surface area (Å²) in [5.74, 6) is -1.22. The summed E-state index contributed by atoms with van der Waals surface area (Å²) in [5, 5.41) is 8.79. The molecular formula is C9H12N2O3. The minimum Gasteiger partial charge on any atom is -0.477 e. The van der Waals surface area contributed by atoms with E-state index < -0.39 is 11.5 Å². The van der Waals surface area contributed by atoms with Crippen LogP contribution in [0, 0.1) is 6.92 Å². The van der Waals surface area contributed by atoms with Crippen LogP contribution in [0.2, 0.25) is 0 Å². The maximum absolute atomic E-state index is 11.6. The maximum Gasteiger partial charge on any atom is 0.343 e. The zero-order valence-corrected chi connectivity index (χ0v) is 8.15. The van der Waals surface area contributed by atoms with Gasteiger partial charge >= 0.3 is 5.97 Å². The van der Waals surface area contributed by atoms with E-state index in [1.54, 1.807) is 0 Å². The first-order valence-corrected chi connectivity index (χ1v) is 4.37. The third kappa shape index (κ3) is 1.81. The molecule has 0 spiro atoms. The molecule has 0 aliphatic carbocycles. The largest absolute Gasteiger partial charge is 0.477 e. The summed E-state index contributed by atoms with van der Waals surface area (Å²) in [6.07, 6.45) is 2.15. The van der Waals surface area contributed by atoms with Crippen LogP contribution in [0.25, 0.3) is 0 Å². The van der Waals surface area contributed by atoms with E-state index in [1.165, 1.54) is 17.8 Å². The summed E-state index contributed by atoms with van der Waals surface area (Å²) in [4.78, 5) is 26.2. The van der Waals surface area contributed by atoms with Crippen molar-refractivity contribution in [2.75, 3.05) is 0 Å². The Hall–Kier alpha value is -1.65. The van der Waals surface area contributed by atoms with E-state index in [0.717, 1.165) is 6.42 Å². The van der Waals surface area contributed by atoms with E-state index in [0.29, 0.717) is 6.54 Å². The summed E-state index contributed by atoms with van der Waals surface area (Å²) >= 11 is 0. The number of nitrogens with zero attached hydrogens (tertiary/aromatic N) is 2. The fraction of sp³-hybridized carbons (Fsp3) is 0.444. The molecule has 1 N–H and O–H groups in total. The normalized spacial score (nSPS) is 10.1. The molecule has 1 aromatic heterocycles. The van der Waals surface area contributed by atoms with Crippen molar-refractivity contribution in [1.29, 1.82) is 0 Å². The van der Waals surface area contributed by atoms with E-state index in [9.17, 15) is 9.59 Å². The molecule has 5 heteroatoms. The van der Waals surface area contributed by atoms with Crippen molar-refractivity contribution in [2.45, 2.75) is 26.8 Å². The van der Waals surface area contributed by atoms with Crippen molar-refractivity contribution in [2.24, 2.45) is 0 Å². The second-order valence-corrected chi connectivity index (χ2v) is 3.01. The molecule has 0 aromatic carbocycles. The number of aryl methyl sites for hydroxylation is 2. The Kier molecular flexibility index (Phi) is 3.01. The Labute approximate surface area is 81.0 Å². The van der Waals surface area contributed by atoms with Crippen molar-refractivity contribution in [3.05, 3.63) is 27.9 Å². The molecule has 1 heterocycles. The van der Waals surface area contributed by atoms with Gasteiger partial charge in [-0.25, -0.2) is 9.78 Å². The first kappa shape index (κ1) is 10.4. The Morgan fingerprint density at radius 3 is 2.79 bits per heavy atom. The summed E-state index contributed by atoms with van der Waals surface area (Å²) in [7, 11) is 0. The van der Waals surface area contributed by atoms with Gasteiger partial charge in [-0.3, -0.25) is 9.36 Å². The lowest BCUT2D eigenvalue weighted by Crippen LogP contribution is -2.28. The Morgan fingerprint density at radius 1 is 1.64 bits per heavy atom. The lowest BCUT2D eigenvalue weighted by Gasteiger charge is -2.05. The zero-order chi connectivity index (χ0) is 10.7. The molecule has 1 aromatic rings. The number of rotatable bonds is 3. The van der Waals surface area contributed by atoms with Crippen LogP contribution in [-0.2, 0) is 6.54 Å². The van der Waals surface area contributed by atoms with Crippen molar-refractivity contribution in [1.82, 2.24) is 9.55 Å². The number of aromatic carboxylic acids is 1. The number of aromatic nitrogens is 2. The fourth-order valence-corrected chi connectivity index (χ4v) is 1.22. The van der Waals surface area contributed by atoms with Gasteiger partial charge in [0.15, 0.2) is 0 Å².